The van der Waals surface area contributed by atoms with Gasteiger partial charge in [0.15, 0.2) is 5.16 Å². The van der Waals surface area contributed by atoms with Gasteiger partial charge >= 0.3 is 0 Å². The zero-order valence-electron chi connectivity index (χ0n) is 15.8. The minimum absolute atomic E-state index is 0.0999. The summed E-state index contributed by atoms with van der Waals surface area (Å²) in [5.74, 6) is 0.802. The average Bonchev–Trinajstić information content (AvgIpc) is 3.05. The van der Waals surface area contributed by atoms with Crippen LogP contribution in [0, 0.1) is 6.92 Å². The van der Waals surface area contributed by atoms with Crippen LogP contribution in [0.2, 0.25) is 0 Å². The van der Waals surface area contributed by atoms with E-state index in [4.69, 9.17) is 9.72 Å². The molecule has 6 heteroatoms. The third kappa shape index (κ3) is 3.84. The van der Waals surface area contributed by atoms with E-state index in [0.717, 1.165) is 34.0 Å². The maximum atomic E-state index is 13.3. The number of fused-ring (bicyclic) bond motifs is 3. The second-order valence-electron chi connectivity index (χ2n) is 7.01. The Morgan fingerprint density at radius 3 is 2.78 bits per heavy atom. The first-order valence-corrected chi connectivity index (χ1v) is 11.2. The van der Waals surface area contributed by atoms with Crippen molar-refractivity contribution in [3.63, 3.8) is 0 Å². The van der Waals surface area contributed by atoms with E-state index in [2.05, 4.69) is 31.2 Å². The van der Waals surface area contributed by atoms with Crippen LogP contribution < -0.4 is 5.56 Å². The predicted molar refractivity (Wildman–Crippen MR) is 113 cm³/mol. The monoisotopic (exact) mass is 400 g/mol. The first-order chi connectivity index (χ1) is 13.2. The van der Waals surface area contributed by atoms with E-state index in [1.807, 2.05) is 4.57 Å². The second-order valence-corrected chi connectivity index (χ2v) is 9.04. The third-order valence-electron chi connectivity index (χ3n) is 5.05. The minimum Gasteiger partial charge on any atom is -0.383 e. The molecule has 4 rings (SSSR count). The first-order valence-electron chi connectivity index (χ1n) is 9.39. The molecule has 0 N–H and O–H groups in total. The first kappa shape index (κ1) is 18.7. The Balaban J connectivity index is 1.73. The van der Waals surface area contributed by atoms with Crippen LogP contribution >= 0.6 is 23.1 Å². The number of aromatic nitrogens is 2. The third-order valence-corrected chi connectivity index (χ3v) is 7.28. The molecular formula is C21H24N2O2S2. The van der Waals surface area contributed by atoms with E-state index in [0.29, 0.717) is 13.2 Å². The standard InChI is InChI=1S/C21H24N2O2S2/c1-14-7-9-15(10-8-14)13-26-21-22-19-18(20(24)23(21)11-12-25-2)16-5-3-4-6-17(16)27-19/h7-10H,3-6,11-13H2,1-2H3. The van der Waals surface area contributed by atoms with Crippen LogP contribution in [-0.2, 0) is 29.9 Å². The summed E-state index contributed by atoms with van der Waals surface area (Å²) in [6.45, 7) is 3.14. The van der Waals surface area contributed by atoms with Crippen molar-refractivity contribution in [3.8, 4) is 0 Å². The molecule has 1 aliphatic carbocycles. The summed E-state index contributed by atoms with van der Waals surface area (Å²) in [6.07, 6.45) is 4.47. The van der Waals surface area contributed by atoms with Gasteiger partial charge in [0.25, 0.3) is 5.56 Å². The molecule has 0 amide bonds. The molecule has 1 aliphatic rings. The number of ether oxygens (including phenoxy) is 1. The van der Waals surface area contributed by atoms with Gasteiger partial charge in [-0.3, -0.25) is 9.36 Å². The number of benzene rings is 1. The number of rotatable bonds is 6. The molecule has 0 unspecified atom stereocenters. The molecule has 0 radical (unpaired) electrons. The maximum Gasteiger partial charge on any atom is 0.263 e. The van der Waals surface area contributed by atoms with Gasteiger partial charge in [0.2, 0.25) is 0 Å². The molecule has 0 atom stereocenters. The lowest BCUT2D eigenvalue weighted by atomic mass is 9.97. The van der Waals surface area contributed by atoms with Crippen molar-refractivity contribution in [2.45, 2.75) is 50.1 Å². The Morgan fingerprint density at radius 1 is 1.22 bits per heavy atom. The van der Waals surface area contributed by atoms with E-state index in [-0.39, 0.29) is 5.56 Å². The molecule has 142 valence electrons. The molecule has 0 fully saturated rings. The summed E-state index contributed by atoms with van der Waals surface area (Å²) in [5, 5.41) is 1.65. The fraction of sp³-hybridized carbons (Fsp3) is 0.429. The lowest BCUT2D eigenvalue weighted by molar-refractivity contribution is 0.183. The van der Waals surface area contributed by atoms with Crippen molar-refractivity contribution in [2.75, 3.05) is 13.7 Å². The fourth-order valence-electron chi connectivity index (χ4n) is 3.54. The Bertz CT molecular complexity index is 1010. The lowest BCUT2D eigenvalue weighted by Gasteiger charge is -2.13. The normalized spacial score (nSPS) is 13.9. The highest BCUT2D eigenvalue weighted by molar-refractivity contribution is 7.98. The van der Waals surface area contributed by atoms with Gasteiger partial charge in [-0.2, -0.15) is 0 Å². The summed E-state index contributed by atoms with van der Waals surface area (Å²) in [4.78, 5) is 20.5. The van der Waals surface area contributed by atoms with Crippen molar-refractivity contribution >= 4 is 33.3 Å². The quantitative estimate of drug-likeness (QED) is 0.449. The number of hydrogen-bond donors (Lipinski definition) is 0. The lowest BCUT2D eigenvalue weighted by Crippen LogP contribution is -2.25. The molecular weight excluding hydrogens is 376 g/mol. The van der Waals surface area contributed by atoms with Gasteiger partial charge in [-0.15, -0.1) is 11.3 Å². The van der Waals surface area contributed by atoms with Gasteiger partial charge in [-0.25, -0.2) is 4.98 Å². The summed E-state index contributed by atoms with van der Waals surface area (Å²) in [6, 6.07) is 8.53. The van der Waals surface area contributed by atoms with Crippen molar-refractivity contribution in [3.05, 3.63) is 56.2 Å². The Hall–Kier alpha value is -1.63. The van der Waals surface area contributed by atoms with Crippen molar-refractivity contribution in [1.82, 2.24) is 9.55 Å². The summed E-state index contributed by atoms with van der Waals surface area (Å²) in [5.41, 5.74) is 3.84. The van der Waals surface area contributed by atoms with Crippen molar-refractivity contribution in [2.24, 2.45) is 0 Å². The highest BCUT2D eigenvalue weighted by atomic mass is 32.2. The topological polar surface area (TPSA) is 44.1 Å². The van der Waals surface area contributed by atoms with Gasteiger partial charge in [0.1, 0.15) is 4.83 Å². The Labute approximate surface area is 167 Å². The average molecular weight is 401 g/mol. The molecule has 1 aromatic carbocycles. The summed E-state index contributed by atoms with van der Waals surface area (Å²) in [7, 11) is 1.67. The van der Waals surface area contributed by atoms with E-state index < -0.39 is 0 Å². The Kier molecular flexibility index (Phi) is 5.66. The molecule has 0 bridgehead atoms. The van der Waals surface area contributed by atoms with E-state index >= 15 is 0 Å². The van der Waals surface area contributed by atoms with Gasteiger partial charge in [0.05, 0.1) is 18.5 Å². The highest BCUT2D eigenvalue weighted by Gasteiger charge is 2.22. The molecule has 2 aromatic heterocycles. The predicted octanol–water partition coefficient (Wildman–Crippen LogP) is 4.58. The van der Waals surface area contributed by atoms with E-state index in [9.17, 15) is 4.79 Å². The van der Waals surface area contributed by atoms with Crippen LogP contribution in [0.15, 0.2) is 34.2 Å². The zero-order valence-corrected chi connectivity index (χ0v) is 17.4. The molecule has 0 saturated heterocycles. The number of aryl methyl sites for hydroxylation is 3. The molecule has 2 heterocycles. The minimum atomic E-state index is 0.0999. The van der Waals surface area contributed by atoms with Crippen LogP contribution in [0.4, 0.5) is 0 Å². The molecule has 3 aromatic rings. The van der Waals surface area contributed by atoms with Crippen LogP contribution in [0.5, 0.6) is 0 Å². The summed E-state index contributed by atoms with van der Waals surface area (Å²) >= 11 is 3.35. The molecule has 4 nitrogen and oxygen atoms in total. The number of thioether (sulfide) groups is 1. The number of hydrogen-bond acceptors (Lipinski definition) is 5. The highest BCUT2D eigenvalue weighted by Crippen LogP contribution is 2.35. The van der Waals surface area contributed by atoms with Gasteiger partial charge < -0.3 is 4.74 Å². The summed E-state index contributed by atoms with van der Waals surface area (Å²) < 4.78 is 7.06. The van der Waals surface area contributed by atoms with E-state index in [1.165, 1.54) is 34.4 Å². The zero-order chi connectivity index (χ0) is 18.8. The van der Waals surface area contributed by atoms with Gasteiger partial charge in [-0.05, 0) is 43.7 Å². The molecule has 0 spiro atoms. The fourth-order valence-corrected chi connectivity index (χ4v) is 5.83. The van der Waals surface area contributed by atoms with Gasteiger partial charge in [-0.1, -0.05) is 41.6 Å². The molecule has 27 heavy (non-hydrogen) atoms. The van der Waals surface area contributed by atoms with Crippen LogP contribution in [0.1, 0.15) is 34.4 Å². The number of nitrogens with zero attached hydrogens (tertiary/aromatic N) is 2. The molecule has 0 aliphatic heterocycles. The van der Waals surface area contributed by atoms with Crippen molar-refractivity contribution < 1.29 is 4.74 Å². The van der Waals surface area contributed by atoms with Crippen LogP contribution in [-0.4, -0.2) is 23.3 Å². The smallest absolute Gasteiger partial charge is 0.263 e. The molecule has 0 saturated carbocycles. The Morgan fingerprint density at radius 2 is 2.00 bits per heavy atom. The van der Waals surface area contributed by atoms with Crippen molar-refractivity contribution in [1.29, 1.82) is 0 Å². The second kappa shape index (κ2) is 8.17. The largest absolute Gasteiger partial charge is 0.383 e. The SMILES string of the molecule is COCCn1c(SCc2ccc(C)cc2)nc2sc3c(c2c1=O)CCCC3. The van der Waals surface area contributed by atoms with Crippen LogP contribution in [0.25, 0.3) is 10.2 Å². The number of thiophene rings is 1. The maximum absolute atomic E-state index is 13.3. The number of methoxy groups -OCH3 is 1. The van der Waals surface area contributed by atoms with Crippen LogP contribution in [0.3, 0.4) is 0 Å². The van der Waals surface area contributed by atoms with Gasteiger partial charge in [0, 0.05) is 17.7 Å². The van der Waals surface area contributed by atoms with E-state index in [1.54, 1.807) is 30.2 Å².